The van der Waals surface area contributed by atoms with E-state index >= 15 is 0 Å². The highest BCUT2D eigenvalue weighted by Gasteiger charge is 2.31. The van der Waals surface area contributed by atoms with Crippen molar-refractivity contribution in [2.45, 2.75) is 19.1 Å². The molecule has 1 aliphatic heterocycles. The Bertz CT molecular complexity index is 1340. The SMILES string of the molecule is O=C(c1cc2c(cn1)c(-c1cnc3ccc(F)cn13)nn2CC(F)(F)F)N1CCCOCC1. The second-order valence-electron chi connectivity index (χ2n) is 7.69. The van der Waals surface area contributed by atoms with Crippen molar-refractivity contribution >= 4 is 22.5 Å². The third kappa shape index (κ3) is 4.13. The fourth-order valence-corrected chi connectivity index (χ4v) is 3.91. The molecular formula is C21H18F4N6O2. The monoisotopic (exact) mass is 462 g/mol. The molecule has 0 bridgehead atoms. The van der Waals surface area contributed by atoms with Gasteiger partial charge in [0.1, 0.15) is 29.4 Å². The number of nitrogens with zero attached hydrogens (tertiary/aromatic N) is 6. The standard InChI is InChI=1S/C21H18F4N6O2/c22-13-2-3-18-27-10-17(30(18)11-13)19-14-9-26-15(20(32)29-4-1-6-33-7-5-29)8-16(14)31(28-19)12-21(23,24)25/h2-3,8-11H,1,4-7,12H2. The molecule has 1 amide bonds. The number of aromatic nitrogens is 5. The van der Waals surface area contributed by atoms with Crippen molar-refractivity contribution in [1.29, 1.82) is 0 Å². The van der Waals surface area contributed by atoms with Gasteiger partial charge in [-0.1, -0.05) is 0 Å². The van der Waals surface area contributed by atoms with Crippen LogP contribution in [0.4, 0.5) is 17.6 Å². The van der Waals surface area contributed by atoms with Gasteiger partial charge in [0, 0.05) is 37.5 Å². The maximum Gasteiger partial charge on any atom is 0.408 e. The average Bonchev–Trinajstić information content (AvgIpc) is 3.20. The summed E-state index contributed by atoms with van der Waals surface area (Å²) in [7, 11) is 0. The second kappa shape index (κ2) is 8.10. The van der Waals surface area contributed by atoms with Crippen LogP contribution >= 0.6 is 0 Å². The van der Waals surface area contributed by atoms with Crippen molar-refractivity contribution in [3.63, 3.8) is 0 Å². The van der Waals surface area contributed by atoms with E-state index in [1.807, 2.05) is 0 Å². The molecule has 0 spiro atoms. The zero-order valence-electron chi connectivity index (χ0n) is 17.2. The van der Waals surface area contributed by atoms with Gasteiger partial charge in [0.05, 0.1) is 24.0 Å². The van der Waals surface area contributed by atoms with Crippen molar-refractivity contribution in [3.8, 4) is 11.4 Å². The molecule has 1 aliphatic rings. The van der Waals surface area contributed by atoms with E-state index in [0.29, 0.717) is 49.5 Å². The molecule has 172 valence electrons. The van der Waals surface area contributed by atoms with Gasteiger partial charge in [-0.05, 0) is 24.6 Å². The number of amides is 1. The van der Waals surface area contributed by atoms with Gasteiger partial charge in [0.2, 0.25) is 0 Å². The molecule has 4 aromatic heterocycles. The minimum absolute atomic E-state index is 0.0171. The summed E-state index contributed by atoms with van der Waals surface area (Å²) >= 11 is 0. The summed E-state index contributed by atoms with van der Waals surface area (Å²) in [5.41, 5.74) is 0.984. The summed E-state index contributed by atoms with van der Waals surface area (Å²) < 4.78 is 61.2. The molecule has 0 aliphatic carbocycles. The summed E-state index contributed by atoms with van der Waals surface area (Å²) in [6.07, 6.45) is 0.0287. The molecule has 1 saturated heterocycles. The number of imidazole rings is 1. The first kappa shape index (κ1) is 21.3. The van der Waals surface area contributed by atoms with Gasteiger partial charge in [-0.3, -0.25) is 18.9 Å². The first-order valence-corrected chi connectivity index (χ1v) is 10.2. The van der Waals surface area contributed by atoms with E-state index < -0.39 is 18.5 Å². The van der Waals surface area contributed by atoms with Crippen LogP contribution in [0.5, 0.6) is 0 Å². The van der Waals surface area contributed by atoms with E-state index in [2.05, 4.69) is 15.1 Å². The molecule has 12 heteroatoms. The molecule has 4 aromatic rings. The minimum atomic E-state index is -4.54. The Morgan fingerprint density at radius 3 is 2.79 bits per heavy atom. The highest BCUT2D eigenvalue weighted by molar-refractivity contribution is 5.99. The molecule has 0 atom stereocenters. The van der Waals surface area contributed by atoms with E-state index in [-0.39, 0.29) is 22.8 Å². The van der Waals surface area contributed by atoms with Crippen molar-refractivity contribution < 1.29 is 27.1 Å². The van der Waals surface area contributed by atoms with Crippen LogP contribution in [0.15, 0.2) is 36.8 Å². The van der Waals surface area contributed by atoms with Gasteiger partial charge in [0.15, 0.2) is 0 Å². The molecule has 0 aromatic carbocycles. The number of rotatable bonds is 3. The number of carbonyl (C=O) groups excluding carboxylic acids is 1. The third-order valence-corrected chi connectivity index (χ3v) is 5.41. The van der Waals surface area contributed by atoms with Gasteiger partial charge in [0.25, 0.3) is 5.91 Å². The molecule has 0 radical (unpaired) electrons. The number of pyridine rings is 2. The quantitative estimate of drug-likeness (QED) is 0.437. The van der Waals surface area contributed by atoms with E-state index in [4.69, 9.17) is 4.74 Å². The topological polar surface area (TPSA) is 77.6 Å². The fraction of sp³-hybridized carbons (Fsp3) is 0.333. The molecule has 0 unspecified atom stereocenters. The smallest absolute Gasteiger partial charge is 0.380 e. The van der Waals surface area contributed by atoms with Crippen LogP contribution in [0.1, 0.15) is 16.9 Å². The van der Waals surface area contributed by atoms with Gasteiger partial charge >= 0.3 is 6.18 Å². The molecular weight excluding hydrogens is 444 g/mol. The third-order valence-electron chi connectivity index (χ3n) is 5.41. The van der Waals surface area contributed by atoms with Gasteiger partial charge < -0.3 is 9.64 Å². The molecule has 0 saturated carbocycles. The van der Waals surface area contributed by atoms with Crippen molar-refractivity contribution in [1.82, 2.24) is 29.0 Å². The lowest BCUT2D eigenvalue weighted by Gasteiger charge is -2.19. The zero-order valence-corrected chi connectivity index (χ0v) is 17.2. The summed E-state index contributed by atoms with van der Waals surface area (Å²) in [4.78, 5) is 22.9. The Morgan fingerprint density at radius 2 is 1.97 bits per heavy atom. The first-order chi connectivity index (χ1) is 15.8. The Hall–Kier alpha value is -3.54. The Balaban J connectivity index is 1.63. The molecule has 0 N–H and O–H groups in total. The number of hydrogen-bond donors (Lipinski definition) is 0. The van der Waals surface area contributed by atoms with Crippen LogP contribution in [-0.2, 0) is 11.3 Å². The lowest BCUT2D eigenvalue weighted by atomic mass is 10.2. The first-order valence-electron chi connectivity index (χ1n) is 10.2. The van der Waals surface area contributed by atoms with Gasteiger partial charge in [-0.2, -0.15) is 18.3 Å². The number of alkyl halides is 3. The maximum atomic E-state index is 13.8. The summed E-state index contributed by atoms with van der Waals surface area (Å²) in [5.74, 6) is -0.922. The summed E-state index contributed by atoms with van der Waals surface area (Å²) in [5, 5.41) is 4.45. The summed E-state index contributed by atoms with van der Waals surface area (Å²) in [6, 6.07) is 4.00. The van der Waals surface area contributed by atoms with E-state index in [9.17, 15) is 22.4 Å². The number of fused-ring (bicyclic) bond motifs is 2. The number of ether oxygens (including phenoxy) is 1. The Labute approximate surface area is 184 Å². The zero-order chi connectivity index (χ0) is 23.2. The van der Waals surface area contributed by atoms with Gasteiger partial charge in [-0.15, -0.1) is 0 Å². The average molecular weight is 462 g/mol. The number of carbonyl (C=O) groups is 1. The fourth-order valence-electron chi connectivity index (χ4n) is 3.91. The van der Waals surface area contributed by atoms with Crippen LogP contribution in [0.2, 0.25) is 0 Å². The highest BCUT2D eigenvalue weighted by atomic mass is 19.4. The second-order valence-corrected chi connectivity index (χ2v) is 7.69. The van der Waals surface area contributed by atoms with Crippen LogP contribution in [0.25, 0.3) is 27.9 Å². The lowest BCUT2D eigenvalue weighted by molar-refractivity contribution is -0.141. The maximum absolute atomic E-state index is 13.8. The predicted octanol–water partition coefficient (Wildman–Crippen LogP) is 3.31. The van der Waals surface area contributed by atoms with Crippen LogP contribution in [0.3, 0.4) is 0 Å². The van der Waals surface area contributed by atoms with Crippen molar-refractivity contribution in [3.05, 3.63) is 48.3 Å². The van der Waals surface area contributed by atoms with Crippen molar-refractivity contribution in [2.24, 2.45) is 0 Å². The lowest BCUT2D eigenvalue weighted by Crippen LogP contribution is -2.33. The molecule has 5 rings (SSSR count). The van der Waals surface area contributed by atoms with Crippen LogP contribution in [-0.4, -0.2) is 67.4 Å². The van der Waals surface area contributed by atoms with Crippen molar-refractivity contribution in [2.75, 3.05) is 26.3 Å². The molecule has 8 nitrogen and oxygen atoms in total. The van der Waals surface area contributed by atoms with E-state index in [1.165, 1.54) is 41.2 Å². The largest absolute Gasteiger partial charge is 0.408 e. The van der Waals surface area contributed by atoms with E-state index in [0.717, 1.165) is 4.68 Å². The normalized spacial score (nSPS) is 15.3. The van der Waals surface area contributed by atoms with Gasteiger partial charge in [-0.25, -0.2) is 9.37 Å². The molecule has 33 heavy (non-hydrogen) atoms. The van der Waals surface area contributed by atoms with Crippen LogP contribution < -0.4 is 0 Å². The Morgan fingerprint density at radius 1 is 1.12 bits per heavy atom. The molecule has 5 heterocycles. The molecule has 1 fully saturated rings. The van der Waals surface area contributed by atoms with E-state index in [1.54, 1.807) is 4.90 Å². The number of halogens is 4. The predicted molar refractivity (Wildman–Crippen MR) is 109 cm³/mol. The summed E-state index contributed by atoms with van der Waals surface area (Å²) in [6.45, 7) is 0.411. The minimum Gasteiger partial charge on any atom is -0.380 e. The number of hydrogen-bond acceptors (Lipinski definition) is 5. The Kier molecular flexibility index (Phi) is 5.23. The highest BCUT2D eigenvalue weighted by Crippen LogP contribution is 2.31. The van der Waals surface area contributed by atoms with Crippen LogP contribution in [0, 0.1) is 5.82 Å².